The molecule has 2 aromatic rings. The van der Waals surface area contributed by atoms with Crippen LogP contribution >= 0.6 is 0 Å². The third-order valence-electron chi connectivity index (χ3n) is 3.12. The third kappa shape index (κ3) is 3.02. The summed E-state index contributed by atoms with van der Waals surface area (Å²) in [5.41, 5.74) is 10.7. The summed E-state index contributed by atoms with van der Waals surface area (Å²) in [5.74, 6) is 1.25. The molecule has 2 N–H and O–H groups in total. The van der Waals surface area contributed by atoms with Crippen LogP contribution in [0.4, 0.5) is 11.5 Å². The van der Waals surface area contributed by atoms with Crippen molar-refractivity contribution in [2.45, 2.75) is 27.3 Å². The van der Waals surface area contributed by atoms with E-state index in [0.29, 0.717) is 12.4 Å². The van der Waals surface area contributed by atoms with Crippen molar-refractivity contribution in [3.05, 3.63) is 46.9 Å². The van der Waals surface area contributed by atoms with Gasteiger partial charge in [-0.1, -0.05) is 17.7 Å². The molecule has 0 bridgehead atoms. The first-order valence-corrected chi connectivity index (χ1v) is 6.34. The highest BCUT2D eigenvalue weighted by molar-refractivity contribution is 5.59. The summed E-state index contributed by atoms with van der Waals surface area (Å²) >= 11 is 0. The molecule has 0 amide bonds. The number of aryl methyl sites for hydroxylation is 3. The minimum atomic E-state index is 0.510. The normalized spacial score (nSPS) is 10.5. The van der Waals surface area contributed by atoms with Crippen molar-refractivity contribution in [1.29, 1.82) is 0 Å². The van der Waals surface area contributed by atoms with E-state index in [9.17, 15) is 0 Å². The predicted octanol–water partition coefficient (Wildman–Crippen LogP) is 2.62. The number of benzene rings is 1. The monoisotopic (exact) mass is 256 g/mol. The van der Waals surface area contributed by atoms with Gasteiger partial charge in [-0.05, 0) is 38.0 Å². The van der Waals surface area contributed by atoms with E-state index in [0.717, 1.165) is 5.82 Å². The van der Waals surface area contributed by atoms with Gasteiger partial charge in [-0.25, -0.2) is 9.97 Å². The lowest BCUT2D eigenvalue weighted by Gasteiger charge is -2.23. The number of aromatic nitrogens is 2. The van der Waals surface area contributed by atoms with E-state index in [1.165, 1.54) is 22.4 Å². The number of hydrogen-bond donors (Lipinski definition) is 1. The van der Waals surface area contributed by atoms with Gasteiger partial charge in [-0.15, -0.1) is 0 Å². The van der Waals surface area contributed by atoms with Crippen LogP contribution in [-0.2, 0) is 6.54 Å². The van der Waals surface area contributed by atoms with Gasteiger partial charge in [0.1, 0.15) is 11.6 Å². The Kier molecular flexibility index (Phi) is 3.69. The lowest BCUT2D eigenvalue weighted by molar-refractivity contribution is 0.834. The van der Waals surface area contributed by atoms with Crippen LogP contribution in [0.15, 0.2) is 24.4 Å². The molecule has 0 radical (unpaired) electrons. The van der Waals surface area contributed by atoms with Crippen LogP contribution in [0, 0.1) is 20.8 Å². The highest BCUT2D eigenvalue weighted by atomic mass is 15.1. The fraction of sp³-hybridized carbons (Fsp3) is 0.333. The third-order valence-corrected chi connectivity index (χ3v) is 3.12. The Morgan fingerprint density at radius 2 is 1.79 bits per heavy atom. The van der Waals surface area contributed by atoms with Crippen LogP contribution in [0.1, 0.15) is 22.5 Å². The molecule has 4 heteroatoms. The fourth-order valence-corrected chi connectivity index (χ4v) is 2.56. The van der Waals surface area contributed by atoms with E-state index in [1.54, 1.807) is 12.3 Å². The van der Waals surface area contributed by atoms with Crippen molar-refractivity contribution in [3.63, 3.8) is 0 Å². The van der Waals surface area contributed by atoms with Crippen LogP contribution in [0.5, 0.6) is 0 Å². The van der Waals surface area contributed by atoms with Crippen molar-refractivity contribution in [2.75, 3.05) is 17.7 Å². The van der Waals surface area contributed by atoms with E-state index >= 15 is 0 Å². The Morgan fingerprint density at radius 1 is 1.16 bits per heavy atom. The number of anilines is 2. The topological polar surface area (TPSA) is 55.0 Å². The Balaban J connectivity index is 2.28. The summed E-state index contributed by atoms with van der Waals surface area (Å²) < 4.78 is 0. The first kappa shape index (κ1) is 13.3. The summed E-state index contributed by atoms with van der Waals surface area (Å²) in [6, 6.07) is 6.09. The summed E-state index contributed by atoms with van der Waals surface area (Å²) in [5, 5.41) is 0. The highest BCUT2D eigenvalue weighted by Gasteiger charge is 2.10. The van der Waals surface area contributed by atoms with E-state index in [2.05, 4.69) is 54.8 Å². The molecule has 1 aromatic heterocycles. The van der Waals surface area contributed by atoms with Crippen LogP contribution in [0.2, 0.25) is 0 Å². The zero-order valence-corrected chi connectivity index (χ0v) is 11.9. The van der Waals surface area contributed by atoms with Crippen molar-refractivity contribution in [2.24, 2.45) is 0 Å². The maximum absolute atomic E-state index is 5.68. The van der Waals surface area contributed by atoms with E-state index < -0.39 is 0 Å². The molecule has 2 rings (SSSR count). The van der Waals surface area contributed by atoms with Gasteiger partial charge in [0.25, 0.3) is 0 Å². The Hall–Kier alpha value is -2.10. The van der Waals surface area contributed by atoms with Crippen LogP contribution in [-0.4, -0.2) is 17.0 Å². The lowest BCUT2D eigenvalue weighted by atomic mass is 10.0. The minimum Gasteiger partial charge on any atom is -0.384 e. The maximum atomic E-state index is 5.68. The number of nitrogens with zero attached hydrogens (tertiary/aromatic N) is 3. The van der Waals surface area contributed by atoms with Crippen molar-refractivity contribution >= 4 is 11.5 Å². The largest absolute Gasteiger partial charge is 0.384 e. The fourth-order valence-electron chi connectivity index (χ4n) is 2.56. The summed E-state index contributed by atoms with van der Waals surface area (Å²) in [7, 11) is 2.05. The second-order valence-electron chi connectivity index (χ2n) is 5.00. The average molecular weight is 256 g/mol. The molecule has 0 atom stereocenters. The van der Waals surface area contributed by atoms with Gasteiger partial charge in [0, 0.05) is 18.9 Å². The predicted molar refractivity (Wildman–Crippen MR) is 79.2 cm³/mol. The van der Waals surface area contributed by atoms with E-state index in [1.807, 2.05) is 0 Å². The lowest BCUT2D eigenvalue weighted by Crippen LogP contribution is -2.20. The summed E-state index contributed by atoms with van der Waals surface area (Å²) in [4.78, 5) is 10.7. The molecule has 4 nitrogen and oxygen atoms in total. The minimum absolute atomic E-state index is 0.510. The van der Waals surface area contributed by atoms with Gasteiger partial charge in [0.2, 0.25) is 0 Å². The van der Waals surface area contributed by atoms with Gasteiger partial charge in [0.15, 0.2) is 0 Å². The standard InChI is InChI=1S/C15H20N4/c1-10-7-11(2)15(12(3)8-10)19(4)9-14-17-6-5-13(16)18-14/h5-8H,9H2,1-4H3,(H2,16,17,18). The van der Waals surface area contributed by atoms with Crippen molar-refractivity contribution in [3.8, 4) is 0 Å². The Labute approximate surface area is 114 Å². The molecule has 1 heterocycles. The molecule has 1 aromatic carbocycles. The quantitative estimate of drug-likeness (QED) is 0.917. The molecule has 0 saturated heterocycles. The molecule has 0 unspecified atom stereocenters. The first-order valence-electron chi connectivity index (χ1n) is 6.34. The number of hydrogen-bond acceptors (Lipinski definition) is 4. The van der Waals surface area contributed by atoms with Gasteiger partial charge in [-0.2, -0.15) is 0 Å². The second-order valence-corrected chi connectivity index (χ2v) is 5.00. The number of nitrogen functional groups attached to an aromatic ring is 1. The van der Waals surface area contributed by atoms with E-state index in [4.69, 9.17) is 5.73 Å². The van der Waals surface area contributed by atoms with Gasteiger partial charge in [0.05, 0.1) is 6.54 Å². The van der Waals surface area contributed by atoms with Crippen molar-refractivity contribution in [1.82, 2.24) is 9.97 Å². The van der Waals surface area contributed by atoms with Crippen molar-refractivity contribution < 1.29 is 0 Å². The van der Waals surface area contributed by atoms with Gasteiger partial charge < -0.3 is 10.6 Å². The average Bonchev–Trinajstić information content (AvgIpc) is 2.27. The van der Waals surface area contributed by atoms with E-state index in [-0.39, 0.29) is 0 Å². The molecule has 0 fully saturated rings. The second kappa shape index (κ2) is 5.26. The molecule has 0 aliphatic carbocycles. The number of rotatable bonds is 3. The molecular weight excluding hydrogens is 236 g/mol. The first-order chi connectivity index (χ1) is 8.97. The molecule has 0 aliphatic heterocycles. The van der Waals surface area contributed by atoms with Gasteiger partial charge >= 0.3 is 0 Å². The summed E-state index contributed by atoms with van der Waals surface area (Å²) in [6.07, 6.45) is 1.69. The van der Waals surface area contributed by atoms with Crippen LogP contribution in [0.3, 0.4) is 0 Å². The zero-order chi connectivity index (χ0) is 14.0. The molecule has 0 saturated carbocycles. The molecule has 19 heavy (non-hydrogen) atoms. The molecule has 0 spiro atoms. The molecule has 100 valence electrons. The zero-order valence-electron chi connectivity index (χ0n) is 11.9. The maximum Gasteiger partial charge on any atom is 0.149 e. The Bertz CT molecular complexity index is 569. The number of nitrogens with two attached hydrogens (primary N) is 1. The molecular formula is C15H20N4. The van der Waals surface area contributed by atoms with Gasteiger partial charge in [-0.3, -0.25) is 0 Å². The molecule has 0 aliphatic rings. The van der Waals surface area contributed by atoms with Crippen LogP contribution < -0.4 is 10.6 Å². The smallest absolute Gasteiger partial charge is 0.149 e. The van der Waals surface area contributed by atoms with Crippen LogP contribution in [0.25, 0.3) is 0 Å². The Morgan fingerprint density at radius 3 is 2.37 bits per heavy atom. The summed E-state index contributed by atoms with van der Waals surface area (Å²) in [6.45, 7) is 7.03. The highest BCUT2D eigenvalue weighted by Crippen LogP contribution is 2.26. The SMILES string of the molecule is Cc1cc(C)c(N(C)Cc2nccc(N)n2)c(C)c1.